The number of benzene rings is 3. The van der Waals surface area contributed by atoms with Gasteiger partial charge in [-0.3, -0.25) is 4.79 Å². The fourth-order valence-corrected chi connectivity index (χ4v) is 2.82. The van der Waals surface area contributed by atoms with E-state index in [4.69, 9.17) is 0 Å². The van der Waals surface area contributed by atoms with Gasteiger partial charge < -0.3 is 5.32 Å². The zero-order valence-electron chi connectivity index (χ0n) is 14.3. The van der Waals surface area contributed by atoms with Gasteiger partial charge in [0.05, 0.1) is 11.4 Å². The highest BCUT2D eigenvalue weighted by Gasteiger charge is 2.18. The Morgan fingerprint density at radius 2 is 1.56 bits per heavy atom. The molecule has 1 heterocycles. The zero-order valence-corrected chi connectivity index (χ0v) is 14.3. The summed E-state index contributed by atoms with van der Waals surface area (Å²) in [5, 5.41) is 7.35. The highest BCUT2D eigenvalue weighted by Crippen LogP contribution is 2.22. The van der Waals surface area contributed by atoms with E-state index in [0.29, 0.717) is 17.1 Å². The molecule has 1 amide bonds. The molecule has 0 aliphatic rings. The number of carbonyl (C=O) groups is 1. The summed E-state index contributed by atoms with van der Waals surface area (Å²) >= 11 is 0. The number of anilines is 1. The van der Waals surface area contributed by atoms with E-state index in [1.54, 1.807) is 22.9 Å². The van der Waals surface area contributed by atoms with Gasteiger partial charge in [0.1, 0.15) is 11.5 Å². The van der Waals surface area contributed by atoms with Crippen LogP contribution in [0.15, 0.2) is 91.0 Å². The first-order chi connectivity index (χ1) is 13.2. The predicted octanol–water partition coefficient (Wildman–Crippen LogP) is 4.93. The molecule has 0 fully saturated rings. The molecule has 0 radical (unpaired) electrons. The van der Waals surface area contributed by atoms with Crippen molar-refractivity contribution in [2.75, 3.05) is 5.32 Å². The maximum absolute atomic E-state index is 13.4. The molecular weight excluding hydrogens is 341 g/mol. The monoisotopic (exact) mass is 357 g/mol. The fourth-order valence-electron chi connectivity index (χ4n) is 2.82. The molecule has 0 unspecified atom stereocenters. The summed E-state index contributed by atoms with van der Waals surface area (Å²) in [7, 11) is 0. The SMILES string of the molecule is O=C(Nc1cccc(F)c1)c1cc(-c2ccccc2)nn1-c1ccccc1. The number of rotatable bonds is 4. The largest absolute Gasteiger partial charge is 0.321 e. The molecule has 5 heteroatoms. The average molecular weight is 357 g/mol. The minimum Gasteiger partial charge on any atom is -0.321 e. The molecule has 0 atom stereocenters. The minimum atomic E-state index is -0.408. The van der Waals surface area contributed by atoms with E-state index < -0.39 is 5.82 Å². The smallest absolute Gasteiger partial charge is 0.274 e. The summed E-state index contributed by atoms with van der Waals surface area (Å²) in [6.07, 6.45) is 0. The third-order valence-electron chi connectivity index (χ3n) is 4.09. The Balaban J connectivity index is 1.76. The summed E-state index contributed by atoms with van der Waals surface area (Å²) in [5.74, 6) is -0.770. The zero-order chi connectivity index (χ0) is 18.6. The van der Waals surface area contributed by atoms with Gasteiger partial charge in [-0.1, -0.05) is 54.6 Å². The van der Waals surface area contributed by atoms with E-state index in [0.717, 1.165) is 11.3 Å². The third kappa shape index (κ3) is 3.62. The van der Waals surface area contributed by atoms with Crippen molar-refractivity contribution >= 4 is 11.6 Å². The van der Waals surface area contributed by atoms with Crippen LogP contribution >= 0.6 is 0 Å². The van der Waals surface area contributed by atoms with Crippen LogP contribution in [0.1, 0.15) is 10.5 Å². The molecule has 0 aliphatic carbocycles. The molecule has 0 bridgehead atoms. The van der Waals surface area contributed by atoms with Gasteiger partial charge >= 0.3 is 0 Å². The Morgan fingerprint density at radius 1 is 0.852 bits per heavy atom. The number of hydrogen-bond donors (Lipinski definition) is 1. The first kappa shape index (κ1) is 16.7. The Morgan fingerprint density at radius 3 is 2.26 bits per heavy atom. The molecule has 132 valence electrons. The third-order valence-corrected chi connectivity index (χ3v) is 4.09. The van der Waals surface area contributed by atoms with Gasteiger partial charge in [0, 0.05) is 11.3 Å². The summed E-state index contributed by atoms with van der Waals surface area (Å²) in [5.41, 5.74) is 3.12. The molecule has 4 rings (SSSR count). The lowest BCUT2D eigenvalue weighted by Crippen LogP contribution is -2.17. The van der Waals surface area contributed by atoms with E-state index in [9.17, 15) is 9.18 Å². The lowest BCUT2D eigenvalue weighted by molar-refractivity contribution is 0.101. The van der Waals surface area contributed by atoms with E-state index in [1.165, 1.54) is 12.1 Å². The summed E-state index contributed by atoms with van der Waals surface area (Å²) in [4.78, 5) is 12.9. The summed E-state index contributed by atoms with van der Waals surface area (Å²) < 4.78 is 15.0. The van der Waals surface area contributed by atoms with Crippen LogP contribution in [-0.2, 0) is 0 Å². The van der Waals surface area contributed by atoms with Crippen molar-refractivity contribution in [3.8, 4) is 16.9 Å². The number of para-hydroxylation sites is 1. The van der Waals surface area contributed by atoms with E-state index in [-0.39, 0.29) is 5.91 Å². The Labute approximate surface area is 155 Å². The first-order valence-electron chi connectivity index (χ1n) is 8.48. The van der Waals surface area contributed by atoms with Gasteiger partial charge in [-0.2, -0.15) is 5.10 Å². The molecule has 27 heavy (non-hydrogen) atoms. The van der Waals surface area contributed by atoms with Crippen molar-refractivity contribution in [1.82, 2.24) is 9.78 Å². The Kier molecular flexibility index (Phi) is 4.49. The Hall–Kier alpha value is -3.73. The second kappa shape index (κ2) is 7.25. The maximum atomic E-state index is 13.4. The van der Waals surface area contributed by atoms with Crippen molar-refractivity contribution in [2.24, 2.45) is 0 Å². The molecule has 0 spiro atoms. The summed E-state index contributed by atoms with van der Waals surface area (Å²) in [6, 6.07) is 26.6. The highest BCUT2D eigenvalue weighted by atomic mass is 19.1. The molecular formula is C22H16FN3O. The molecule has 4 aromatic rings. The van der Waals surface area contributed by atoms with Gasteiger partial charge in [0.2, 0.25) is 0 Å². The molecule has 1 aromatic heterocycles. The van der Waals surface area contributed by atoms with E-state index >= 15 is 0 Å². The number of hydrogen-bond acceptors (Lipinski definition) is 2. The first-order valence-corrected chi connectivity index (χ1v) is 8.48. The highest BCUT2D eigenvalue weighted by molar-refractivity contribution is 6.04. The van der Waals surface area contributed by atoms with Crippen LogP contribution in [0.4, 0.5) is 10.1 Å². The van der Waals surface area contributed by atoms with Crippen LogP contribution in [0.3, 0.4) is 0 Å². The number of nitrogens with zero attached hydrogens (tertiary/aromatic N) is 2. The normalized spacial score (nSPS) is 10.6. The average Bonchev–Trinajstić information content (AvgIpc) is 3.15. The standard InChI is InChI=1S/C22H16FN3O/c23-17-10-7-11-18(14-17)24-22(27)21-15-20(16-8-3-1-4-9-16)25-26(21)19-12-5-2-6-13-19/h1-15H,(H,24,27). The van der Waals surface area contributed by atoms with E-state index in [2.05, 4.69) is 10.4 Å². The molecule has 0 aliphatic heterocycles. The lowest BCUT2D eigenvalue weighted by Gasteiger charge is -2.08. The van der Waals surface area contributed by atoms with Crippen molar-refractivity contribution in [2.45, 2.75) is 0 Å². The molecule has 1 N–H and O–H groups in total. The van der Waals surface area contributed by atoms with Crippen LogP contribution in [0, 0.1) is 5.82 Å². The van der Waals surface area contributed by atoms with E-state index in [1.807, 2.05) is 60.7 Å². The lowest BCUT2D eigenvalue weighted by atomic mass is 10.1. The molecule has 0 saturated carbocycles. The molecule has 4 nitrogen and oxygen atoms in total. The quantitative estimate of drug-likeness (QED) is 0.563. The van der Waals surface area contributed by atoms with Crippen LogP contribution in [0.5, 0.6) is 0 Å². The van der Waals surface area contributed by atoms with Crippen molar-refractivity contribution in [1.29, 1.82) is 0 Å². The topological polar surface area (TPSA) is 46.9 Å². The van der Waals surface area contributed by atoms with Gasteiger partial charge in [-0.05, 0) is 36.4 Å². The molecule has 0 saturated heterocycles. The van der Waals surface area contributed by atoms with Crippen LogP contribution in [0.25, 0.3) is 16.9 Å². The number of halogens is 1. The minimum absolute atomic E-state index is 0.362. The van der Waals surface area contributed by atoms with Gasteiger partial charge in [-0.25, -0.2) is 9.07 Å². The van der Waals surface area contributed by atoms with Crippen LogP contribution in [0.2, 0.25) is 0 Å². The number of aromatic nitrogens is 2. The van der Waals surface area contributed by atoms with Crippen molar-refractivity contribution < 1.29 is 9.18 Å². The van der Waals surface area contributed by atoms with Gasteiger partial charge in [-0.15, -0.1) is 0 Å². The second-order valence-electron chi connectivity index (χ2n) is 5.99. The fraction of sp³-hybridized carbons (Fsp3) is 0. The van der Waals surface area contributed by atoms with Crippen molar-refractivity contribution in [3.05, 3.63) is 103 Å². The maximum Gasteiger partial charge on any atom is 0.274 e. The Bertz CT molecular complexity index is 1080. The van der Waals surface area contributed by atoms with Gasteiger partial charge in [0.15, 0.2) is 0 Å². The number of amides is 1. The molecule has 3 aromatic carbocycles. The van der Waals surface area contributed by atoms with Crippen molar-refractivity contribution in [3.63, 3.8) is 0 Å². The number of carbonyl (C=O) groups excluding carboxylic acids is 1. The van der Waals surface area contributed by atoms with Crippen LogP contribution < -0.4 is 5.32 Å². The second-order valence-corrected chi connectivity index (χ2v) is 5.99. The predicted molar refractivity (Wildman–Crippen MR) is 103 cm³/mol. The number of nitrogens with one attached hydrogen (secondary N) is 1. The van der Waals surface area contributed by atoms with Gasteiger partial charge in [0.25, 0.3) is 5.91 Å². The summed E-state index contributed by atoms with van der Waals surface area (Å²) in [6.45, 7) is 0. The van der Waals surface area contributed by atoms with Crippen LogP contribution in [-0.4, -0.2) is 15.7 Å².